The molecule has 0 radical (unpaired) electrons. The van der Waals surface area contributed by atoms with Gasteiger partial charge in [-0.2, -0.15) is 0 Å². The Morgan fingerprint density at radius 3 is 2.20 bits per heavy atom. The monoisotopic (exact) mass is 350 g/mol. The average Bonchev–Trinajstić information content (AvgIpc) is 2.60. The molecular weight excluding hydrogens is 324 g/mol. The van der Waals surface area contributed by atoms with Gasteiger partial charge in [0.15, 0.2) is 6.61 Å². The van der Waals surface area contributed by atoms with Crippen LogP contribution in [0.4, 0.5) is 0 Å². The van der Waals surface area contributed by atoms with E-state index in [1.807, 2.05) is 12.1 Å². The van der Waals surface area contributed by atoms with E-state index in [1.54, 1.807) is 19.1 Å². The number of aryl methyl sites for hydroxylation is 1. The van der Waals surface area contributed by atoms with Crippen molar-refractivity contribution in [3.63, 3.8) is 0 Å². The molecule has 0 aliphatic rings. The molecule has 0 saturated carbocycles. The molecule has 0 bridgehead atoms. The van der Waals surface area contributed by atoms with Gasteiger partial charge in [-0.1, -0.05) is 19.1 Å². The summed E-state index contributed by atoms with van der Waals surface area (Å²) >= 11 is 0. The zero-order valence-electron chi connectivity index (χ0n) is 15.1. The number of ether oxygens (including phenoxy) is 2. The number of carbonyl (C=O) groups excluding carboxylic acids is 3. The summed E-state index contributed by atoms with van der Waals surface area (Å²) < 4.78 is 10.2. The third-order valence-corrected chi connectivity index (χ3v) is 3.47. The molecule has 0 fully saturated rings. The van der Waals surface area contributed by atoms with Crippen molar-refractivity contribution in [3.8, 4) is 5.75 Å². The molecule has 2 N–H and O–H groups in total. The largest absolute Gasteiger partial charge is 0.484 e. The Labute approximate surface area is 148 Å². The lowest BCUT2D eigenvalue weighted by Gasteiger charge is -2.17. The Kier molecular flexibility index (Phi) is 8.46. The summed E-state index contributed by atoms with van der Waals surface area (Å²) in [7, 11) is 0. The first kappa shape index (κ1) is 20.5. The summed E-state index contributed by atoms with van der Waals surface area (Å²) in [4.78, 5) is 35.3. The van der Waals surface area contributed by atoms with Crippen molar-refractivity contribution in [1.29, 1.82) is 0 Å². The van der Waals surface area contributed by atoms with Crippen LogP contribution in [-0.2, 0) is 25.5 Å². The van der Waals surface area contributed by atoms with Crippen molar-refractivity contribution in [1.82, 2.24) is 10.6 Å². The van der Waals surface area contributed by atoms with Crippen LogP contribution >= 0.6 is 0 Å². The van der Waals surface area contributed by atoms with E-state index in [1.165, 1.54) is 19.4 Å². The van der Waals surface area contributed by atoms with Crippen LogP contribution in [-0.4, -0.2) is 43.1 Å². The van der Waals surface area contributed by atoms with Crippen molar-refractivity contribution in [2.45, 2.75) is 46.2 Å². The predicted octanol–water partition coefficient (Wildman–Crippen LogP) is 1.20. The van der Waals surface area contributed by atoms with Gasteiger partial charge in [0.2, 0.25) is 5.91 Å². The van der Waals surface area contributed by atoms with Gasteiger partial charge in [-0.25, -0.2) is 4.79 Å². The fraction of sp³-hybridized carbons (Fsp3) is 0.500. The van der Waals surface area contributed by atoms with Crippen LogP contribution in [0.5, 0.6) is 5.75 Å². The first-order valence-electron chi connectivity index (χ1n) is 8.35. The van der Waals surface area contributed by atoms with Crippen LogP contribution in [0.2, 0.25) is 0 Å². The number of rotatable bonds is 9. The Balaban J connectivity index is 2.39. The third kappa shape index (κ3) is 7.24. The van der Waals surface area contributed by atoms with E-state index < -0.39 is 29.9 Å². The maximum atomic E-state index is 12.0. The highest BCUT2D eigenvalue weighted by atomic mass is 16.5. The molecular formula is C18H26N2O5. The fourth-order valence-electron chi connectivity index (χ4n) is 1.98. The normalized spacial score (nSPS) is 12.6. The summed E-state index contributed by atoms with van der Waals surface area (Å²) in [6.07, 6.45) is 0.928. The highest BCUT2D eigenvalue weighted by Crippen LogP contribution is 2.12. The SMILES string of the molecule is CCOC(=O)[C@H](C)NC(=O)[C@@H](C)NC(=O)COc1ccc(CC)cc1. The lowest BCUT2D eigenvalue weighted by atomic mass is 10.2. The highest BCUT2D eigenvalue weighted by Gasteiger charge is 2.21. The fourth-order valence-corrected chi connectivity index (χ4v) is 1.98. The van der Waals surface area contributed by atoms with Gasteiger partial charge in [0.1, 0.15) is 17.8 Å². The van der Waals surface area contributed by atoms with E-state index in [4.69, 9.17) is 9.47 Å². The maximum Gasteiger partial charge on any atom is 0.328 e. The first-order chi connectivity index (χ1) is 11.9. The first-order valence-corrected chi connectivity index (χ1v) is 8.35. The highest BCUT2D eigenvalue weighted by molar-refractivity contribution is 5.90. The molecule has 7 heteroatoms. The van der Waals surface area contributed by atoms with Gasteiger partial charge < -0.3 is 20.1 Å². The number of esters is 1. The van der Waals surface area contributed by atoms with Gasteiger partial charge in [-0.15, -0.1) is 0 Å². The molecule has 0 aliphatic heterocycles. The second-order valence-corrected chi connectivity index (χ2v) is 5.56. The molecule has 7 nitrogen and oxygen atoms in total. The van der Waals surface area contributed by atoms with Crippen LogP contribution < -0.4 is 15.4 Å². The Morgan fingerprint density at radius 1 is 1.00 bits per heavy atom. The number of hydrogen-bond donors (Lipinski definition) is 2. The van der Waals surface area contributed by atoms with Crippen LogP contribution in [0.25, 0.3) is 0 Å². The minimum Gasteiger partial charge on any atom is -0.484 e. The Morgan fingerprint density at radius 2 is 1.64 bits per heavy atom. The van der Waals surface area contributed by atoms with Crippen molar-refractivity contribution in [2.75, 3.05) is 13.2 Å². The van der Waals surface area contributed by atoms with Crippen molar-refractivity contribution < 1.29 is 23.9 Å². The van der Waals surface area contributed by atoms with Crippen molar-refractivity contribution in [3.05, 3.63) is 29.8 Å². The van der Waals surface area contributed by atoms with E-state index >= 15 is 0 Å². The van der Waals surface area contributed by atoms with Gasteiger partial charge in [0.05, 0.1) is 6.61 Å². The topological polar surface area (TPSA) is 93.7 Å². The van der Waals surface area contributed by atoms with Gasteiger partial charge in [-0.05, 0) is 44.9 Å². The lowest BCUT2D eigenvalue weighted by molar-refractivity contribution is -0.147. The maximum absolute atomic E-state index is 12.0. The van der Waals surface area contributed by atoms with Crippen LogP contribution in [0.1, 0.15) is 33.3 Å². The molecule has 0 spiro atoms. The molecule has 1 aromatic rings. The van der Waals surface area contributed by atoms with Crippen molar-refractivity contribution in [2.24, 2.45) is 0 Å². The van der Waals surface area contributed by atoms with Gasteiger partial charge in [0, 0.05) is 0 Å². The van der Waals surface area contributed by atoms with Gasteiger partial charge in [-0.3, -0.25) is 9.59 Å². The molecule has 0 heterocycles. The number of carbonyl (C=O) groups is 3. The molecule has 0 aromatic heterocycles. The second-order valence-electron chi connectivity index (χ2n) is 5.56. The van der Waals surface area contributed by atoms with E-state index in [-0.39, 0.29) is 13.2 Å². The summed E-state index contributed by atoms with van der Waals surface area (Å²) in [6.45, 7) is 6.83. The smallest absolute Gasteiger partial charge is 0.328 e. The number of nitrogens with one attached hydrogen (secondary N) is 2. The van der Waals surface area contributed by atoms with Crippen LogP contribution in [0, 0.1) is 0 Å². The number of benzene rings is 1. The molecule has 0 saturated heterocycles. The Bertz CT molecular complexity index is 586. The molecule has 2 amide bonds. The van der Waals surface area contributed by atoms with E-state index in [0.717, 1.165) is 6.42 Å². The quantitative estimate of drug-likeness (QED) is 0.653. The summed E-state index contributed by atoms with van der Waals surface area (Å²) in [5.74, 6) is -0.833. The van der Waals surface area contributed by atoms with Crippen LogP contribution in [0.15, 0.2) is 24.3 Å². The van der Waals surface area contributed by atoms with E-state index in [9.17, 15) is 14.4 Å². The Hall–Kier alpha value is -2.57. The predicted molar refractivity (Wildman–Crippen MR) is 93.2 cm³/mol. The summed E-state index contributed by atoms with van der Waals surface area (Å²) in [5.41, 5.74) is 1.18. The summed E-state index contributed by atoms with van der Waals surface area (Å²) in [6, 6.07) is 5.88. The summed E-state index contributed by atoms with van der Waals surface area (Å²) in [5, 5.41) is 5.01. The molecule has 1 aromatic carbocycles. The minimum atomic E-state index is -0.796. The zero-order chi connectivity index (χ0) is 18.8. The lowest BCUT2D eigenvalue weighted by Crippen LogP contribution is -2.50. The third-order valence-electron chi connectivity index (χ3n) is 3.47. The molecule has 0 aliphatic carbocycles. The second kappa shape index (κ2) is 10.3. The average molecular weight is 350 g/mol. The molecule has 138 valence electrons. The standard InChI is InChI=1S/C18H26N2O5/c1-5-14-7-9-15(10-8-14)25-11-16(21)19-12(3)17(22)20-13(4)18(23)24-6-2/h7-10,12-13H,5-6,11H2,1-4H3,(H,19,21)(H,20,22)/t12-,13+/m1/s1. The van der Waals surface area contributed by atoms with Crippen molar-refractivity contribution >= 4 is 17.8 Å². The van der Waals surface area contributed by atoms with Gasteiger partial charge in [0.25, 0.3) is 5.91 Å². The molecule has 25 heavy (non-hydrogen) atoms. The number of amides is 2. The minimum absolute atomic E-state index is 0.198. The molecule has 0 unspecified atom stereocenters. The van der Waals surface area contributed by atoms with Crippen LogP contribution in [0.3, 0.4) is 0 Å². The van der Waals surface area contributed by atoms with E-state index in [0.29, 0.717) is 5.75 Å². The molecule has 1 rings (SSSR count). The number of hydrogen-bond acceptors (Lipinski definition) is 5. The van der Waals surface area contributed by atoms with E-state index in [2.05, 4.69) is 17.6 Å². The zero-order valence-corrected chi connectivity index (χ0v) is 15.1. The molecule has 2 atom stereocenters. The van der Waals surface area contributed by atoms with Gasteiger partial charge >= 0.3 is 5.97 Å².